The summed E-state index contributed by atoms with van der Waals surface area (Å²) in [4.78, 5) is 12.8. The zero-order chi connectivity index (χ0) is 12.1. The van der Waals surface area contributed by atoms with Gasteiger partial charge in [0, 0.05) is 12.7 Å². The normalized spacial score (nSPS) is 12.0. The van der Waals surface area contributed by atoms with Crippen LogP contribution in [0.5, 0.6) is 0 Å². The Morgan fingerprint density at radius 3 is 2.38 bits per heavy atom. The van der Waals surface area contributed by atoms with Gasteiger partial charge in [0.2, 0.25) is 0 Å². The fourth-order valence-corrected chi connectivity index (χ4v) is 1.50. The van der Waals surface area contributed by atoms with Gasteiger partial charge in [0.1, 0.15) is 0 Å². The molecule has 0 radical (unpaired) electrons. The van der Waals surface area contributed by atoms with E-state index in [-0.39, 0.29) is 6.09 Å². The molecule has 0 N–H and O–H groups in total. The number of hydrogen-bond acceptors (Lipinski definition) is 2. The molecule has 3 heteroatoms. The summed E-state index contributed by atoms with van der Waals surface area (Å²) < 4.78 is 4.65. The van der Waals surface area contributed by atoms with Gasteiger partial charge in [-0.25, -0.2) is 4.79 Å². The first-order valence-corrected chi connectivity index (χ1v) is 5.51. The molecule has 1 aromatic carbocycles. The second kappa shape index (κ2) is 5.54. The molecule has 3 nitrogen and oxygen atoms in total. The van der Waals surface area contributed by atoms with E-state index >= 15 is 0 Å². The van der Waals surface area contributed by atoms with Gasteiger partial charge in [-0.1, -0.05) is 26.0 Å². The molecule has 0 saturated heterocycles. The number of rotatable bonds is 3. The SMILES string of the molecule is CCC(C)c1ccc(N(C)C(=O)OC)cc1. The van der Waals surface area contributed by atoms with Gasteiger partial charge in [-0.05, 0) is 30.0 Å². The number of hydrogen-bond donors (Lipinski definition) is 0. The van der Waals surface area contributed by atoms with E-state index < -0.39 is 0 Å². The van der Waals surface area contributed by atoms with Crippen LogP contribution in [0.4, 0.5) is 10.5 Å². The summed E-state index contributed by atoms with van der Waals surface area (Å²) in [6.07, 6.45) is 0.767. The van der Waals surface area contributed by atoms with Crippen molar-refractivity contribution >= 4 is 11.8 Å². The van der Waals surface area contributed by atoms with Gasteiger partial charge in [0.25, 0.3) is 0 Å². The minimum Gasteiger partial charge on any atom is -0.452 e. The van der Waals surface area contributed by atoms with E-state index in [4.69, 9.17) is 0 Å². The second-order valence-electron chi connectivity index (χ2n) is 3.93. The Bertz CT molecular complexity index is 345. The maximum atomic E-state index is 11.3. The fraction of sp³-hybridized carbons (Fsp3) is 0.462. The lowest BCUT2D eigenvalue weighted by Crippen LogP contribution is -2.25. The van der Waals surface area contributed by atoms with E-state index in [2.05, 4.69) is 30.7 Å². The van der Waals surface area contributed by atoms with Crippen LogP contribution in [-0.2, 0) is 4.74 Å². The average molecular weight is 221 g/mol. The standard InChI is InChI=1S/C13H19NO2/c1-5-10(2)11-6-8-12(9-7-11)14(3)13(15)16-4/h6-10H,5H2,1-4H3. The van der Waals surface area contributed by atoms with Crippen LogP contribution in [0.1, 0.15) is 31.7 Å². The van der Waals surface area contributed by atoms with Crippen molar-refractivity contribution in [1.29, 1.82) is 0 Å². The van der Waals surface area contributed by atoms with Crippen molar-refractivity contribution in [2.24, 2.45) is 0 Å². The Morgan fingerprint density at radius 2 is 1.94 bits per heavy atom. The third-order valence-electron chi connectivity index (χ3n) is 2.91. The summed E-state index contributed by atoms with van der Waals surface area (Å²) in [6.45, 7) is 4.36. The van der Waals surface area contributed by atoms with Crippen LogP contribution in [0.25, 0.3) is 0 Å². The monoisotopic (exact) mass is 221 g/mol. The first-order valence-electron chi connectivity index (χ1n) is 5.51. The second-order valence-corrected chi connectivity index (χ2v) is 3.93. The molecule has 0 saturated carbocycles. The minimum atomic E-state index is -0.351. The first kappa shape index (κ1) is 12.6. The minimum absolute atomic E-state index is 0.351. The van der Waals surface area contributed by atoms with Gasteiger partial charge in [-0.2, -0.15) is 0 Å². The van der Waals surface area contributed by atoms with Gasteiger partial charge in [0.05, 0.1) is 7.11 Å². The van der Waals surface area contributed by atoms with E-state index in [1.54, 1.807) is 7.05 Å². The number of carbonyl (C=O) groups excluding carboxylic acids is 1. The van der Waals surface area contributed by atoms with Crippen molar-refractivity contribution in [3.05, 3.63) is 29.8 Å². The molecule has 0 aliphatic carbocycles. The summed E-state index contributed by atoms with van der Waals surface area (Å²) in [5.41, 5.74) is 2.14. The third kappa shape index (κ3) is 2.75. The molecule has 0 aliphatic rings. The molecule has 1 aromatic rings. The quantitative estimate of drug-likeness (QED) is 0.782. The number of ether oxygens (including phenoxy) is 1. The molecule has 0 aliphatic heterocycles. The highest BCUT2D eigenvalue weighted by atomic mass is 16.5. The van der Waals surface area contributed by atoms with Gasteiger partial charge in [-0.15, -0.1) is 0 Å². The Morgan fingerprint density at radius 1 is 1.38 bits per heavy atom. The molecule has 16 heavy (non-hydrogen) atoms. The Hall–Kier alpha value is -1.51. The smallest absolute Gasteiger partial charge is 0.413 e. The Kier molecular flexibility index (Phi) is 4.35. The topological polar surface area (TPSA) is 29.5 Å². The molecule has 0 bridgehead atoms. The largest absolute Gasteiger partial charge is 0.452 e. The van der Waals surface area contributed by atoms with Gasteiger partial charge >= 0.3 is 6.09 Å². The van der Waals surface area contributed by atoms with E-state index in [0.29, 0.717) is 5.92 Å². The summed E-state index contributed by atoms with van der Waals surface area (Å²) >= 11 is 0. The molecule has 1 unspecified atom stereocenters. The summed E-state index contributed by atoms with van der Waals surface area (Å²) in [5, 5.41) is 0. The average Bonchev–Trinajstić information content (AvgIpc) is 2.36. The highest BCUT2D eigenvalue weighted by Gasteiger charge is 2.10. The van der Waals surface area contributed by atoms with E-state index in [1.165, 1.54) is 17.6 Å². The van der Waals surface area contributed by atoms with Crippen molar-refractivity contribution < 1.29 is 9.53 Å². The molecule has 0 fully saturated rings. The molecule has 1 rings (SSSR count). The predicted molar refractivity (Wildman–Crippen MR) is 66.0 cm³/mol. The Balaban J connectivity index is 2.82. The lowest BCUT2D eigenvalue weighted by atomic mass is 9.98. The molecule has 1 amide bonds. The van der Waals surface area contributed by atoms with Crippen molar-refractivity contribution in [3.8, 4) is 0 Å². The highest BCUT2D eigenvalue weighted by molar-refractivity contribution is 5.86. The van der Waals surface area contributed by atoms with Gasteiger partial charge < -0.3 is 4.74 Å². The number of amides is 1. The van der Waals surface area contributed by atoms with E-state index in [0.717, 1.165) is 12.1 Å². The number of nitrogens with zero attached hydrogens (tertiary/aromatic N) is 1. The summed E-state index contributed by atoms with van der Waals surface area (Å²) in [6, 6.07) is 8.00. The number of benzene rings is 1. The molecular formula is C13H19NO2. The van der Waals surface area contributed by atoms with Gasteiger partial charge in [0.15, 0.2) is 0 Å². The van der Waals surface area contributed by atoms with Crippen LogP contribution in [0.15, 0.2) is 24.3 Å². The van der Waals surface area contributed by atoms with Crippen LogP contribution in [0, 0.1) is 0 Å². The lowest BCUT2D eigenvalue weighted by Gasteiger charge is -2.16. The zero-order valence-corrected chi connectivity index (χ0v) is 10.4. The maximum absolute atomic E-state index is 11.3. The lowest BCUT2D eigenvalue weighted by molar-refractivity contribution is 0.180. The van der Waals surface area contributed by atoms with Crippen LogP contribution in [0.2, 0.25) is 0 Å². The van der Waals surface area contributed by atoms with Crippen molar-refractivity contribution in [3.63, 3.8) is 0 Å². The highest BCUT2D eigenvalue weighted by Crippen LogP contribution is 2.22. The molecule has 0 aromatic heterocycles. The molecular weight excluding hydrogens is 202 g/mol. The van der Waals surface area contributed by atoms with Crippen molar-refractivity contribution in [2.45, 2.75) is 26.2 Å². The Labute approximate surface area is 97.0 Å². The van der Waals surface area contributed by atoms with E-state index in [9.17, 15) is 4.79 Å². The molecule has 0 spiro atoms. The predicted octanol–water partition coefficient (Wildman–Crippen LogP) is 3.40. The van der Waals surface area contributed by atoms with Crippen LogP contribution < -0.4 is 4.90 Å². The fourth-order valence-electron chi connectivity index (χ4n) is 1.50. The zero-order valence-electron chi connectivity index (χ0n) is 10.4. The number of anilines is 1. The first-order chi connectivity index (χ1) is 7.60. The van der Waals surface area contributed by atoms with E-state index in [1.807, 2.05) is 12.1 Å². The summed E-state index contributed by atoms with van der Waals surface area (Å²) in [7, 11) is 3.08. The summed E-state index contributed by atoms with van der Waals surface area (Å²) in [5.74, 6) is 0.553. The van der Waals surface area contributed by atoms with Crippen LogP contribution in [-0.4, -0.2) is 20.3 Å². The van der Waals surface area contributed by atoms with Gasteiger partial charge in [-0.3, -0.25) is 4.90 Å². The number of methoxy groups -OCH3 is 1. The maximum Gasteiger partial charge on any atom is 0.413 e. The van der Waals surface area contributed by atoms with Crippen LogP contribution in [0.3, 0.4) is 0 Å². The number of carbonyl (C=O) groups is 1. The van der Waals surface area contributed by atoms with Crippen molar-refractivity contribution in [2.75, 3.05) is 19.1 Å². The third-order valence-corrected chi connectivity index (χ3v) is 2.91. The van der Waals surface area contributed by atoms with Crippen LogP contribution >= 0.6 is 0 Å². The molecule has 88 valence electrons. The molecule has 1 atom stereocenters. The van der Waals surface area contributed by atoms with Crippen molar-refractivity contribution in [1.82, 2.24) is 0 Å². The molecule has 0 heterocycles.